The smallest absolute Gasteiger partial charge is 0.325 e. The van der Waals surface area contributed by atoms with E-state index in [1.54, 1.807) is 22.8 Å². The van der Waals surface area contributed by atoms with Crippen LogP contribution in [0.1, 0.15) is 32.0 Å². The molecule has 1 amide bonds. The first kappa shape index (κ1) is 23.3. The van der Waals surface area contributed by atoms with E-state index in [2.05, 4.69) is 20.9 Å². The minimum Gasteiger partial charge on any atom is -0.493 e. The Morgan fingerprint density at radius 2 is 2.03 bits per heavy atom. The number of ether oxygens (including phenoxy) is 2. The Morgan fingerprint density at radius 1 is 1.27 bits per heavy atom. The molecule has 0 spiro atoms. The Bertz CT molecular complexity index is 1280. The summed E-state index contributed by atoms with van der Waals surface area (Å²) in [7, 11) is 1.57. The number of rotatable bonds is 6. The fourth-order valence-electron chi connectivity index (χ4n) is 3.96. The van der Waals surface area contributed by atoms with Crippen LogP contribution in [0.15, 0.2) is 50.8 Å². The highest BCUT2D eigenvalue weighted by atomic mass is 79.9. The van der Waals surface area contributed by atoms with Gasteiger partial charge in [-0.1, -0.05) is 46.7 Å². The predicted molar refractivity (Wildman–Crippen MR) is 130 cm³/mol. The third-order valence-corrected chi connectivity index (χ3v) is 6.64. The number of hydrogen-bond acceptors (Lipinski definition) is 6. The van der Waals surface area contributed by atoms with Crippen molar-refractivity contribution in [1.29, 1.82) is 0 Å². The van der Waals surface area contributed by atoms with Gasteiger partial charge in [-0.05, 0) is 42.1 Å². The quantitative estimate of drug-likeness (QED) is 0.383. The number of hydrogen-bond donors (Lipinski definition) is 1. The number of halogens is 1. The zero-order chi connectivity index (χ0) is 23.7. The van der Waals surface area contributed by atoms with Gasteiger partial charge in [0.2, 0.25) is 11.1 Å². The van der Waals surface area contributed by atoms with Gasteiger partial charge in [0.05, 0.1) is 30.5 Å². The second-order valence-electron chi connectivity index (χ2n) is 7.22. The lowest BCUT2D eigenvalue weighted by molar-refractivity contribution is -0.763. The fourth-order valence-corrected chi connectivity index (χ4v) is 4.85. The maximum absolute atomic E-state index is 13.3. The van der Waals surface area contributed by atoms with Crippen LogP contribution in [0.3, 0.4) is 0 Å². The van der Waals surface area contributed by atoms with E-state index in [9.17, 15) is 9.59 Å². The van der Waals surface area contributed by atoms with Crippen LogP contribution in [0, 0.1) is 0 Å². The Kier molecular flexibility index (Phi) is 6.76. The Hall–Kier alpha value is -2.85. The summed E-state index contributed by atoms with van der Waals surface area (Å²) in [6.45, 7) is 4.15. The summed E-state index contributed by atoms with van der Waals surface area (Å²) in [5, 5.41) is 5.16. The largest absolute Gasteiger partial charge is 0.493 e. The summed E-state index contributed by atoms with van der Waals surface area (Å²) < 4.78 is 13.6. The molecule has 8 nitrogen and oxygen atoms in total. The maximum Gasteiger partial charge on any atom is 0.325 e. The van der Waals surface area contributed by atoms with Gasteiger partial charge in [-0.15, -0.1) is 0 Å². The first-order valence-electron chi connectivity index (χ1n) is 10.5. The van der Waals surface area contributed by atoms with Crippen molar-refractivity contribution in [3.8, 4) is 22.8 Å². The van der Waals surface area contributed by atoms with E-state index in [-0.39, 0.29) is 17.9 Å². The van der Waals surface area contributed by atoms with Gasteiger partial charge >= 0.3 is 11.3 Å². The maximum atomic E-state index is 13.3. The van der Waals surface area contributed by atoms with E-state index >= 15 is 0 Å². The average Bonchev–Trinajstić information content (AvgIpc) is 2.83. The van der Waals surface area contributed by atoms with Gasteiger partial charge in [0.1, 0.15) is 0 Å². The molecule has 1 aliphatic heterocycles. The van der Waals surface area contributed by atoms with E-state index in [1.165, 1.54) is 11.8 Å². The Labute approximate surface area is 204 Å². The average molecular weight is 532 g/mol. The van der Waals surface area contributed by atoms with Crippen LogP contribution in [-0.2, 0) is 4.79 Å². The molecule has 1 aromatic heterocycles. The number of amides is 1. The van der Waals surface area contributed by atoms with Gasteiger partial charge in [-0.25, -0.2) is 4.90 Å². The monoisotopic (exact) mass is 531 g/mol. The molecule has 1 N–H and O–H groups in total. The van der Waals surface area contributed by atoms with Crippen LogP contribution in [0.25, 0.3) is 11.3 Å². The highest BCUT2D eigenvalue weighted by Crippen LogP contribution is 2.42. The molecule has 0 bridgehead atoms. The van der Waals surface area contributed by atoms with Gasteiger partial charge in [0, 0.05) is 16.0 Å². The van der Waals surface area contributed by atoms with Crippen LogP contribution in [0.2, 0.25) is 0 Å². The Balaban J connectivity index is 2.09. The number of carbonyl (C=O) groups excluding carboxylic acids is 1. The molecule has 4 rings (SSSR count). The molecule has 2 aromatic carbocycles. The van der Waals surface area contributed by atoms with Crippen LogP contribution in [-0.4, -0.2) is 36.0 Å². The number of nitrogens with zero attached hydrogens (tertiary/aromatic N) is 3. The van der Waals surface area contributed by atoms with E-state index in [0.717, 1.165) is 0 Å². The minimum atomic E-state index is -0.713. The number of nitrogens with one attached hydrogen (secondary N) is 1. The van der Waals surface area contributed by atoms with Crippen molar-refractivity contribution >= 4 is 39.3 Å². The zero-order valence-electron chi connectivity index (χ0n) is 18.7. The second-order valence-corrected chi connectivity index (χ2v) is 8.87. The molecule has 2 heterocycles. The molecule has 0 unspecified atom stereocenters. The van der Waals surface area contributed by atoms with Crippen molar-refractivity contribution < 1.29 is 19.0 Å². The summed E-state index contributed by atoms with van der Waals surface area (Å²) in [4.78, 5) is 31.1. The molecule has 0 saturated carbocycles. The first-order valence-corrected chi connectivity index (χ1v) is 12.5. The van der Waals surface area contributed by atoms with Crippen LogP contribution in [0.4, 0.5) is 5.69 Å². The number of thioether (sulfide) groups is 1. The SMILES string of the molecule is CCOc1cc([C@H]2N(C(=O)CC)c3ccccc3-c3c(=O)[nH]c(SC)n[n+]32)c(Br)cc1OC. The zero-order valence-corrected chi connectivity index (χ0v) is 21.1. The molecule has 3 aromatic rings. The molecular weight excluding hydrogens is 508 g/mol. The standard InChI is InChI=1S/C23H23BrN4O4S/c1-5-19(29)27-16-10-8-7-9-13(16)20-21(30)25-23(33-4)26-28(20)22(27)14-11-18(32-6-2)17(31-3)12-15(14)24/h7-12,22H,5-6H2,1-4H3/p+1/t22-/m0/s1. The fraction of sp³-hybridized carbons (Fsp3) is 0.304. The molecule has 0 aliphatic carbocycles. The lowest BCUT2D eigenvalue weighted by atomic mass is 10.0. The molecule has 10 heteroatoms. The van der Waals surface area contributed by atoms with Crippen molar-refractivity contribution in [3.05, 3.63) is 56.8 Å². The van der Waals surface area contributed by atoms with Crippen molar-refractivity contribution in [2.45, 2.75) is 31.6 Å². The van der Waals surface area contributed by atoms with Gasteiger partial charge in [-0.3, -0.25) is 14.6 Å². The Morgan fingerprint density at radius 3 is 2.70 bits per heavy atom. The van der Waals surface area contributed by atoms with Crippen LogP contribution >= 0.6 is 27.7 Å². The van der Waals surface area contributed by atoms with E-state index < -0.39 is 6.17 Å². The van der Waals surface area contributed by atoms with Gasteiger partial charge in [-0.2, -0.15) is 0 Å². The van der Waals surface area contributed by atoms with Crippen molar-refractivity contribution in [1.82, 2.24) is 10.1 Å². The molecule has 33 heavy (non-hydrogen) atoms. The van der Waals surface area contributed by atoms with Gasteiger partial charge < -0.3 is 9.47 Å². The highest BCUT2D eigenvalue weighted by molar-refractivity contribution is 9.10. The molecule has 0 saturated heterocycles. The predicted octanol–water partition coefficient (Wildman–Crippen LogP) is 3.92. The summed E-state index contributed by atoms with van der Waals surface area (Å²) in [6, 6.07) is 11.0. The third-order valence-electron chi connectivity index (χ3n) is 5.38. The van der Waals surface area contributed by atoms with E-state index in [1.807, 2.05) is 50.4 Å². The third kappa shape index (κ3) is 4.02. The highest BCUT2D eigenvalue weighted by Gasteiger charge is 2.46. The molecule has 0 fully saturated rings. The minimum absolute atomic E-state index is 0.0981. The molecule has 0 radical (unpaired) electrons. The number of aromatic nitrogens is 3. The van der Waals surface area contributed by atoms with Crippen LogP contribution < -0.4 is 24.6 Å². The molecular formula is C23H24BrN4O4S+. The van der Waals surface area contributed by atoms with Gasteiger partial charge in [0.25, 0.3) is 6.17 Å². The van der Waals surface area contributed by atoms with E-state index in [4.69, 9.17) is 14.6 Å². The number of aromatic amines is 1. The normalized spacial score (nSPS) is 14.5. The van der Waals surface area contributed by atoms with Crippen molar-refractivity contribution in [2.75, 3.05) is 24.9 Å². The molecule has 1 atom stereocenters. The lowest BCUT2D eigenvalue weighted by Gasteiger charge is -2.32. The summed E-state index contributed by atoms with van der Waals surface area (Å²) >= 11 is 4.97. The summed E-state index contributed by atoms with van der Waals surface area (Å²) in [5.41, 5.74) is 2.12. The number of carbonyl (C=O) groups is 1. The first-order chi connectivity index (χ1) is 15.9. The number of fused-ring (bicyclic) bond motifs is 3. The topological polar surface area (TPSA) is 88.4 Å². The van der Waals surface area contributed by atoms with Crippen molar-refractivity contribution in [2.24, 2.45) is 0 Å². The summed E-state index contributed by atoms with van der Waals surface area (Å²) in [6.07, 6.45) is 1.41. The number of para-hydroxylation sites is 1. The number of methoxy groups -OCH3 is 1. The lowest BCUT2D eigenvalue weighted by Crippen LogP contribution is -2.61. The number of anilines is 1. The second kappa shape index (κ2) is 9.56. The van der Waals surface area contributed by atoms with E-state index in [0.29, 0.717) is 50.2 Å². The number of H-pyrrole nitrogens is 1. The van der Waals surface area contributed by atoms with Crippen LogP contribution in [0.5, 0.6) is 11.5 Å². The van der Waals surface area contributed by atoms with Gasteiger partial charge in [0.15, 0.2) is 11.5 Å². The summed E-state index contributed by atoms with van der Waals surface area (Å²) in [5.74, 6) is 1.00. The van der Waals surface area contributed by atoms with Crippen molar-refractivity contribution in [3.63, 3.8) is 0 Å². The number of benzene rings is 2. The molecule has 1 aliphatic rings. The molecule has 172 valence electrons.